The van der Waals surface area contributed by atoms with Crippen LogP contribution in [0.5, 0.6) is 0 Å². The first kappa shape index (κ1) is 23.2. The summed E-state index contributed by atoms with van der Waals surface area (Å²) in [5, 5.41) is 15.4. The Balaban J connectivity index is 1.53. The first-order valence-electron chi connectivity index (χ1n) is 11.2. The van der Waals surface area contributed by atoms with Gasteiger partial charge in [0.2, 0.25) is 0 Å². The number of rotatable bonds is 9. The Bertz CT molecular complexity index is 840. The van der Waals surface area contributed by atoms with E-state index in [9.17, 15) is 0 Å². The molecule has 0 spiro atoms. The van der Waals surface area contributed by atoms with Crippen LogP contribution in [0.2, 0.25) is 0 Å². The number of aryl methyl sites for hydroxylation is 2. The van der Waals surface area contributed by atoms with Gasteiger partial charge in [-0.2, -0.15) is 0 Å². The number of hydrogen-bond donors (Lipinski definition) is 2. The lowest BCUT2D eigenvalue weighted by molar-refractivity contribution is 0.194. The van der Waals surface area contributed by atoms with Crippen LogP contribution in [-0.2, 0) is 24.9 Å². The molecule has 1 aliphatic rings. The Morgan fingerprint density at radius 2 is 1.97 bits per heavy atom. The van der Waals surface area contributed by atoms with Crippen LogP contribution in [0.25, 0.3) is 0 Å². The Hall–Kier alpha value is -2.45. The van der Waals surface area contributed by atoms with E-state index in [1.165, 1.54) is 11.1 Å². The van der Waals surface area contributed by atoms with Gasteiger partial charge >= 0.3 is 0 Å². The molecule has 3 rings (SSSR count). The monoisotopic (exact) mass is 427 g/mol. The second-order valence-corrected chi connectivity index (χ2v) is 8.28. The molecule has 1 saturated heterocycles. The third-order valence-electron chi connectivity index (χ3n) is 5.96. The fourth-order valence-corrected chi connectivity index (χ4v) is 3.77. The summed E-state index contributed by atoms with van der Waals surface area (Å²) in [6, 6.07) is 9.09. The van der Waals surface area contributed by atoms with Crippen molar-refractivity contribution in [3.05, 3.63) is 47.0 Å². The maximum absolute atomic E-state index is 5.16. The largest absolute Gasteiger partial charge is 0.385 e. The van der Waals surface area contributed by atoms with Crippen molar-refractivity contribution in [1.29, 1.82) is 0 Å². The van der Waals surface area contributed by atoms with Gasteiger partial charge in [0.05, 0.1) is 0 Å². The highest BCUT2D eigenvalue weighted by Gasteiger charge is 2.20. The average molecular weight is 428 g/mol. The SMILES string of the molecule is COCCCNC(=NCc1nnc(C)n1C)NC1CCN(Cc2ccccc2C)CC1. The van der Waals surface area contributed by atoms with Gasteiger partial charge in [0.1, 0.15) is 12.4 Å². The number of methoxy groups -OCH3 is 1. The molecular formula is C23H37N7O. The zero-order chi connectivity index (χ0) is 22.1. The summed E-state index contributed by atoms with van der Waals surface area (Å²) < 4.78 is 7.15. The van der Waals surface area contributed by atoms with Gasteiger partial charge in [-0.3, -0.25) is 4.90 Å². The fourth-order valence-electron chi connectivity index (χ4n) is 3.77. The molecule has 2 heterocycles. The average Bonchev–Trinajstić information content (AvgIpc) is 3.10. The summed E-state index contributed by atoms with van der Waals surface area (Å²) in [5.74, 6) is 2.60. The molecule has 31 heavy (non-hydrogen) atoms. The zero-order valence-corrected chi connectivity index (χ0v) is 19.4. The Kier molecular flexibility index (Phi) is 8.85. The number of ether oxygens (including phenoxy) is 1. The first-order valence-corrected chi connectivity index (χ1v) is 11.2. The van der Waals surface area contributed by atoms with E-state index in [1.54, 1.807) is 7.11 Å². The summed E-state index contributed by atoms with van der Waals surface area (Å²) in [7, 11) is 3.71. The van der Waals surface area contributed by atoms with Crippen LogP contribution >= 0.6 is 0 Å². The number of hydrogen-bond acceptors (Lipinski definition) is 5. The van der Waals surface area contributed by atoms with Crippen LogP contribution in [0, 0.1) is 13.8 Å². The highest BCUT2D eigenvalue weighted by atomic mass is 16.5. The fraction of sp³-hybridized carbons (Fsp3) is 0.609. The third kappa shape index (κ3) is 7.04. The molecule has 8 heteroatoms. The molecular weight excluding hydrogens is 390 g/mol. The van der Waals surface area contributed by atoms with Crippen molar-refractivity contribution in [3.63, 3.8) is 0 Å². The normalized spacial score (nSPS) is 15.9. The van der Waals surface area contributed by atoms with Crippen LogP contribution in [0.4, 0.5) is 0 Å². The van der Waals surface area contributed by atoms with Gasteiger partial charge in [-0.05, 0) is 44.2 Å². The summed E-state index contributed by atoms with van der Waals surface area (Å²) in [4.78, 5) is 7.32. The van der Waals surface area contributed by atoms with Crippen molar-refractivity contribution in [2.45, 2.75) is 52.2 Å². The van der Waals surface area contributed by atoms with Crippen LogP contribution in [0.15, 0.2) is 29.3 Å². The maximum atomic E-state index is 5.16. The number of aromatic nitrogens is 3. The molecule has 1 fully saturated rings. The van der Waals surface area contributed by atoms with Gasteiger partial charge in [-0.15, -0.1) is 10.2 Å². The number of nitrogens with zero attached hydrogens (tertiary/aromatic N) is 5. The highest BCUT2D eigenvalue weighted by molar-refractivity contribution is 5.80. The molecule has 0 saturated carbocycles. The minimum absolute atomic E-state index is 0.419. The van der Waals surface area contributed by atoms with Crippen LogP contribution in [0.1, 0.15) is 42.0 Å². The van der Waals surface area contributed by atoms with Gasteiger partial charge in [0, 0.05) is 53.0 Å². The van der Waals surface area contributed by atoms with Crippen LogP contribution < -0.4 is 10.6 Å². The van der Waals surface area contributed by atoms with Gasteiger partial charge < -0.3 is 19.9 Å². The lowest BCUT2D eigenvalue weighted by Gasteiger charge is -2.33. The molecule has 0 bridgehead atoms. The summed E-state index contributed by atoms with van der Waals surface area (Å²) >= 11 is 0. The standard InChI is InChI=1S/C23H37N7O/c1-18-8-5-6-9-20(18)17-30-13-10-21(11-14-30)26-23(24-12-7-15-31-4)25-16-22-28-27-19(2)29(22)3/h5-6,8-9,21H,7,10-17H2,1-4H3,(H2,24,25,26). The van der Waals surface area contributed by atoms with E-state index in [2.05, 4.69) is 56.9 Å². The molecule has 1 aromatic heterocycles. The number of likely N-dealkylation sites (tertiary alicyclic amines) is 1. The lowest BCUT2D eigenvalue weighted by atomic mass is 10.0. The van der Waals surface area contributed by atoms with E-state index in [0.717, 1.165) is 69.7 Å². The van der Waals surface area contributed by atoms with E-state index in [0.29, 0.717) is 12.6 Å². The molecule has 2 N–H and O–H groups in total. The van der Waals surface area contributed by atoms with E-state index in [-0.39, 0.29) is 0 Å². The van der Waals surface area contributed by atoms with Crippen molar-refractivity contribution in [2.24, 2.45) is 12.0 Å². The third-order valence-corrected chi connectivity index (χ3v) is 5.96. The van der Waals surface area contributed by atoms with Gasteiger partial charge in [0.25, 0.3) is 0 Å². The van der Waals surface area contributed by atoms with E-state index < -0.39 is 0 Å². The molecule has 0 radical (unpaired) electrons. The van der Waals surface area contributed by atoms with Crippen molar-refractivity contribution in [3.8, 4) is 0 Å². The van der Waals surface area contributed by atoms with Crippen molar-refractivity contribution >= 4 is 5.96 Å². The number of benzene rings is 1. The number of piperidine rings is 1. The van der Waals surface area contributed by atoms with Gasteiger partial charge in [-0.1, -0.05) is 24.3 Å². The Morgan fingerprint density at radius 1 is 1.19 bits per heavy atom. The second-order valence-electron chi connectivity index (χ2n) is 8.28. The van der Waals surface area contributed by atoms with Crippen LogP contribution in [0.3, 0.4) is 0 Å². The summed E-state index contributed by atoms with van der Waals surface area (Å²) in [6.07, 6.45) is 3.15. The zero-order valence-electron chi connectivity index (χ0n) is 19.4. The molecule has 0 unspecified atom stereocenters. The minimum Gasteiger partial charge on any atom is -0.385 e. The number of guanidine groups is 1. The molecule has 0 aliphatic carbocycles. The summed E-state index contributed by atoms with van der Waals surface area (Å²) in [5.41, 5.74) is 2.80. The van der Waals surface area contributed by atoms with Gasteiger partial charge in [0.15, 0.2) is 11.8 Å². The molecule has 0 atom stereocenters. The van der Waals surface area contributed by atoms with E-state index in [4.69, 9.17) is 9.73 Å². The number of nitrogens with one attached hydrogen (secondary N) is 2. The molecule has 170 valence electrons. The molecule has 1 aliphatic heterocycles. The molecule has 8 nitrogen and oxygen atoms in total. The lowest BCUT2D eigenvalue weighted by Crippen LogP contribution is -2.48. The quantitative estimate of drug-likeness (QED) is 0.363. The van der Waals surface area contributed by atoms with E-state index >= 15 is 0 Å². The predicted octanol–water partition coefficient (Wildman–Crippen LogP) is 2.17. The summed E-state index contributed by atoms with van der Waals surface area (Å²) in [6.45, 7) is 9.41. The van der Waals surface area contributed by atoms with Crippen molar-refractivity contribution in [1.82, 2.24) is 30.3 Å². The first-order chi connectivity index (χ1) is 15.1. The predicted molar refractivity (Wildman–Crippen MR) is 124 cm³/mol. The Labute approximate surface area is 186 Å². The molecule has 0 amide bonds. The smallest absolute Gasteiger partial charge is 0.191 e. The minimum atomic E-state index is 0.419. The van der Waals surface area contributed by atoms with Crippen LogP contribution in [-0.4, -0.2) is 65.0 Å². The second kappa shape index (κ2) is 11.8. The molecule has 2 aromatic rings. The molecule has 1 aromatic carbocycles. The van der Waals surface area contributed by atoms with Gasteiger partial charge in [-0.25, -0.2) is 4.99 Å². The Morgan fingerprint density at radius 3 is 2.65 bits per heavy atom. The number of aliphatic imine (C=N–C) groups is 1. The maximum Gasteiger partial charge on any atom is 0.191 e. The van der Waals surface area contributed by atoms with E-state index in [1.807, 2.05) is 18.5 Å². The van der Waals surface area contributed by atoms with Crippen molar-refractivity contribution < 1.29 is 4.74 Å². The van der Waals surface area contributed by atoms with Crippen molar-refractivity contribution in [2.75, 3.05) is 33.4 Å². The topological polar surface area (TPSA) is 79.6 Å². The highest BCUT2D eigenvalue weighted by Crippen LogP contribution is 2.16.